The average molecular weight is 294 g/mol. The maximum absolute atomic E-state index is 12.5. The van der Waals surface area contributed by atoms with Gasteiger partial charge in [-0.25, -0.2) is 0 Å². The lowest BCUT2D eigenvalue weighted by molar-refractivity contribution is 0.104. The number of carbonyl (C=O) groups is 1. The zero-order valence-electron chi connectivity index (χ0n) is 13.8. The van der Waals surface area contributed by atoms with Crippen LogP contribution in [0, 0.1) is 0 Å². The van der Waals surface area contributed by atoms with Gasteiger partial charge in [0.25, 0.3) is 0 Å². The molecule has 3 heteroatoms. The van der Waals surface area contributed by atoms with Crippen LogP contribution in [-0.2, 0) is 7.05 Å². The lowest BCUT2D eigenvalue weighted by Crippen LogP contribution is -2.08. The Morgan fingerprint density at radius 2 is 1.41 bits per heavy atom. The molecule has 2 aromatic carbocycles. The molecule has 1 heterocycles. The van der Waals surface area contributed by atoms with Gasteiger partial charge in [-0.05, 0) is 6.07 Å². The summed E-state index contributed by atoms with van der Waals surface area (Å²) in [7, 11) is 1.91. The summed E-state index contributed by atoms with van der Waals surface area (Å²) in [6.45, 7) is 8.00. The molecule has 114 valence electrons. The van der Waals surface area contributed by atoms with Crippen molar-refractivity contribution in [1.82, 2.24) is 9.78 Å². The zero-order chi connectivity index (χ0) is 16.3. The van der Waals surface area contributed by atoms with Crippen LogP contribution in [0.2, 0.25) is 0 Å². The Hall–Kier alpha value is -2.42. The number of nitrogens with zero attached hydrogens (tertiary/aromatic N) is 2. The van der Waals surface area contributed by atoms with Gasteiger partial charge in [-0.15, -0.1) is 0 Å². The van der Waals surface area contributed by atoms with Gasteiger partial charge in [-0.1, -0.05) is 64.1 Å². The topological polar surface area (TPSA) is 34.9 Å². The second kappa shape index (κ2) is 6.56. The molecule has 0 fully saturated rings. The third-order valence-electron chi connectivity index (χ3n) is 3.55. The molecule has 0 N–H and O–H groups in total. The minimum Gasteiger partial charge on any atom is -0.289 e. The summed E-state index contributed by atoms with van der Waals surface area (Å²) in [5.74, 6) is 0.0942. The van der Waals surface area contributed by atoms with E-state index in [9.17, 15) is 4.79 Å². The molecule has 0 bridgehead atoms. The highest BCUT2D eigenvalue weighted by Gasteiger charge is 2.27. The summed E-state index contributed by atoms with van der Waals surface area (Å²) in [6.07, 6.45) is 0. The number of rotatable bonds is 0. The smallest absolute Gasteiger partial charge is 0.194 e. The zero-order valence-corrected chi connectivity index (χ0v) is 13.8. The molecule has 0 saturated carbocycles. The summed E-state index contributed by atoms with van der Waals surface area (Å²) in [4.78, 5) is 12.5. The monoisotopic (exact) mass is 294 g/mol. The third-order valence-corrected chi connectivity index (χ3v) is 3.55. The number of aromatic nitrogens is 2. The molecule has 1 aromatic heterocycles. The van der Waals surface area contributed by atoms with E-state index in [1.807, 2.05) is 81.9 Å². The summed E-state index contributed by atoms with van der Waals surface area (Å²) < 4.78 is 1.84. The van der Waals surface area contributed by atoms with Gasteiger partial charge in [-0.3, -0.25) is 9.48 Å². The van der Waals surface area contributed by atoms with Crippen molar-refractivity contribution in [3.05, 3.63) is 53.6 Å². The van der Waals surface area contributed by atoms with E-state index >= 15 is 0 Å². The number of hydrogen-bond acceptors (Lipinski definition) is 2. The van der Waals surface area contributed by atoms with Gasteiger partial charge >= 0.3 is 0 Å². The first-order valence-electron chi connectivity index (χ1n) is 7.87. The van der Waals surface area contributed by atoms with Crippen molar-refractivity contribution in [2.45, 2.75) is 27.7 Å². The van der Waals surface area contributed by atoms with Crippen molar-refractivity contribution in [1.29, 1.82) is 0 Å². The summed E-state index contributed by atoms with van der Waals surface area (Å²) in [5.41, 5.74) is 4.36. The van der Waals surface area contributed by atoms with Gasteiger partial charge in [0.05, 0.1) is 5.52 Å². The van der Waals surface area contributed by atoms with E-state index in [0.29, 0.717) is 0 Å². The Bertz CT molecular complexity index is 815. The van der Waals surface area contributed by atoms with Crippen molar-refractivity contribution in [3.63, 3.8) is 0 Å². The fourth-order valence-corrected chi connectivity index (χ4v) is 2.72. The van der Waals surface area contributed by atoms with Gasteiger partial charge in [-0.2, -0.15) is 5.10 Å². The molecule has 4 rings (SSSR count). The van der Waals surface area contributed by atoms with Crippen LogP contribution >= 0.6 is 0 Å². The highest BCUT2D eigenvalue weighted by atomic mass is 16.1. The van der Waals surface area contributed by atoms with Crippen LogP contribution in [0.3, 0.4) is 0 Å². The first-order chi connectivity index (χ1) is 10.8. The second-order valence-electron chi connectivity index (χ2n) is 4.55. The van der Waals surface area contributed by atoms with Crippen LogP contribution in [0.1, 0.15) is 43.6 Å². The van der Waals surface area contributed by atoms with Gasteiger partial charge in [0, 0.05) is 29.1 Å². The van der Waals surface area contributed by atoms with E-state index in [0.717, 1.165) is 33.3 Å². The predicted octanol–water partition coefficient (Wildman–Crippen LogP) is 4.84. The van der Waals surface area contributed by atoms with E-state index in [1.54, 1.807) is 0 Å². The molecule has 0 atom stereocenters. The largest absolute Gasteiger partial charge is 0.289 e. The molecule has 3 aromatic rings. The van der Waals surface area contributed by atoms with Crippen molar-refractivity contribution in [3.8, 4) is 11.3 Å². The number of fused-ring (bicyclic) bond motifs is 2. The Morgan fingerprint density at radius 3 is 2.09 bits per heavy atom. The summed E-state index contributed by atoms with van der Waals surface area (Å²) in [6, 6.07) is 13.5. The summed E-state index contributed by atoms with van der Waals surface area (Å²) >= 11 is 0. The van der Waals surface area contributed by atoms with Crippen molar-refractivity contribution in [2.24, 2.45) is 7.05 Å². The van der Waals surface area contributed by atoms with Crippen molar-refractivity contribution >= 4 is 16.7 Å². The number of carbonyl (C=O) groups excluding carboxylic acids is 1. The Morgan fingerprint density at radius 1 is 0.818 bits per heavy atom. The first-order valence-corrected chi connectivity index (χ1v) is 7.87. The van der Waals surface area contributed by atoms with Crippen molar-refractivity contribution in [2.75, 3.05) is 0 Å². The SMILES string of the molecule is CC.CC.Cn1nc2c3c(cccc31)C(=O)c1ccccc1-2. The second-order valence-corrected chi connectivity index (χ2v) is 4.55. The molecule has 0 unspecified atom stereocenters. The molecular weight excluding hydrogens is 272 g/mol. The molecule has 3 nitrogen and oxygen atoms in total. The van der Waals surface area contributed by atoms with E-state index in [4.69, 9.17) is 0 Å². The maximum atomic E-state index is 12.5. The minimum atomic E-state index is 0.0942. The average Bonchev–Trinajstić information content (AvgIpc) is 2.94. The fraction of sp³-hybridized carbons (Fsp3) is 0.263. The summed E-state index contributed by atoms with van der Waals surface area (Å²) in [5, 5.41) is 5.54. The highest BCUT2D eigenvalue weighted by molar-refractivity contribution is 6.24. The Balaban J connectivity index is 0.000000410. The fourth-order valence-electron chi connectivity index (χ4n) is 2.72. The van der Waals surface area contributed by atoms with Crippen LogP contribution in [0.15, 0.2) is 42.5 Å². The minimum absolute atomic E-state index is 0.0942. The van der Waals surface area contributed by atoms with E-state index < -0.39 is 0 Å². The van der Waals surface area contributed by atoms with Gasteiger partial charge in [0.15, 0.2) is 5.78 Å². The molecule has 0 amide bonds. The van der Waals surface area contributed by atoms with E-state index in [-0.39, 0.29) is 5.78 Å². The first kappa shape index (κ1) is 16.0. The molecule has 0 aliphatic heterocycles. The molecular formula is C19H22N2O. The predicted molar refractivity (Wildman–Crippen MR) is 92.3 cm³/mol. The lowest BCUT2D eigenvalue weighted by Gasteiger charge is -2.13. The molecule has 0 radical (unpaired) electrons. The third kappa shape index (κ3) is 2.23. The normalized spacial score (nSPS) is 11.0. The molecule has 1 aliphatic rings. The van der Waals surface area contributed by atoms with Crippen LogP contribution < -0.4 is 0 Å². The Labute approximate surface area is 131 Å². The number of aryl methyl sites for hydroxylation is 1. The maximum Gasteiger partial charge on any atom is 0.194 e. The van der Waals surface area contributed by atoms with E-state index in [2.05, 4.69) is 5.10 Å². The molecule has 22 heavy (non-hydrogen) atoms. The number of hydrogen-bond donors (Lipinski definition) is 0. The molecule has 0 spiro atoms. The Kier molecular flexibility index (Phi) is 4.76. The quantitative estimate of drug-likeness (QED) is 0.465. The molecule has 1 aliphatic carbocycles. The van der Waals surface area contributed by atoms with E-state index in [1.165, 1.54) is 0 Å². The number of ketones is 1. The van der Waals surface area contributed by atoms with Gasteiger partial charge < -0.3 is 0 Å². The standard InChI is InChI=1S/C15H10N2O.2C2H6/c1-17-12-8-4-7-11-13(12)14(16-17)9-5-2-3-6-10(9)15(11)18;2*1-2/h2-8H,1H3;2*1-2H3. The van der Waals surface area contributed by atoms with Crippen LogP contribution in [-0.4, -0.2) is 15.6 Å². The van der Waals surface area contributed by atoms with Crippen molar-refractivity contribution < 1.29 is 4.79 Å². The van der Waals surface area contributed by atoms with Crippen LogP contribution in [0.4, 0.5) is 0 Å². The number of benzene rings is 2. The van der Waals surface area contributed by atoms with Crippen LogP contribution in [0.25, 0.3) is 22.2 Å². The van der Waals surface area contributed by atoms with Gasteiger partial charge in [0.1, 0.15) is 5.69 Å². The van der Waals surface area contributed by atoms with Gasteiger partial charge in [0.2, 0.25) is 0 Å². The molecule has 0 saturated heterocycles. The highest BCUT2D eigenvalue weighted by Crippen LogP contribution is 2.38. The lowest BCUT2D eigenvalue weighted by atomic mass is 9.87. The van der Waals surface area contributed by atoms with Crippen LogP contribution in [0.5, 0.6) is 0 Å².